The Labute approximate surface area is 158 Å². The van der Waals surface area contributed by atoms with Gasteiger partial charge < -0.3 is 29.6 Å². The normalized spacial score (nSPS) is 30.5. The molecule has 2 aliphatic heterocycles. The van der Waals surface area contributed by atoms with E-state index >= 15 is 0 Å². The van der Waals surface area contributed by atoms with Gasteiger partial charge in [-0.25, -0.2) is 0 Å². The second-order valence-electron chi connectivity index (χ2n) is 6.63. The number of nitrogens with one attached hydrogen (secondary N) is 2. The van der Waals surface area contributed by atoms with E-state index in [1.165, 1.54) is 0 Å². The van der Waals surface area contributed by atoms with Gasteiger partial charge in [0.05, 0.1) is 52.9 Å². The van der Waals surface area contributed by atoms with Crippen molar-refractivity contribution in [3.63, 3.8) is 0 Å². The van der Waals surface area contributed by atoms with Gasteiger partial charge in [0.15, 0.2) is 0 Å². The molecule has 2 atom stereocenters. The molecule has 2 aliphatic rings. The van der Waals surface area contributed by atoms with Crippen LogP contribution in [0.25, 0.3) is 0 Å². The number of fused-ring (bicyclic) bond motifs is 6. The molecule has 0 aromatic rings. The van der Waals surface area contributed by atoms with Crippen molar-refractivity contribution in [2.75, 3.05) is 118 Å². The summed E-state index contributed by atoms with van der Waals surface area (Å²) in [5.74, 6) is 0. The Hall–Kier alpha value is -0.320. The molecule has 8 nitrogen and oxygen atoms in total. The van der Waals surface area contributed by atoms with Gasteiger partial charge >= 0.3 is 0 Å². The number of rotatable bonds is 0. The first-order chi connectivity index (χ1) is 12.9. The van der Waals surface area contributed by atoms with Gasteiger partial charge in [-0.3, -0.25) is 9.80 Å². The third-order valence-corrected chi connectivity index (χ3v) is 4.64. The lowest BCUT2D eigenvalue weighted by Crippen LogP contribution is -2.39. The van der Waals surface area contributed by atoms with Gasteiger partial charge in [0, 0.05) is 65.4 Å². The molecule has 0 spiro atoms. The summed E-state index contributed by atoms with van der Waals surface area (Å²) >= 11 is 0. The molecule has 26 heavy (non-hydrogen) atoms. The summed E-state index contributed by atoms with van der Waals surface area (Å²) in [7, 11) is 0. The van der Waals surface area contributed by atoms with Crippen LogP contribution >= 0.6 is 0 Å². The van der Waals surface area contributed by atoms with Gasteiger partial charge in [-0.2, -0.15) is 0 Å². The summed E-state index contributed by atoms with van der Waals surface area (Å²) in [6.07, 6.45) is 0. The Kier molecular flexibility index (Phi) is 13.3. The second kappa shape index (κ2) is 15.7. The molecule has 2 saturated heterocycles. The van der Waals surface area contributed by atoms with E-state index in [0.717, 1.165) is 105 Å². The molecule has 0 radical (unpaired) electrons. The summed E-state index contributed by atoms with van der Waals surface area (Å²) in [5, 5.41) is 6.90. The number of ether oxygens (including phenoxy) is 4. The van der Waals surface area contributed by atoms with Gasteiger partial charge in [0.1, 0.15) is 0 Å². The molecule has 0 saturated carbocycles. The average molecular weight is 375 g/mol. The van der Waals surface area contributed by atoms with E-state index in [9.17, 15) is 0 Å². The van der Waals surface area contributed by atoms with Crippen LogP contribution in [-0.4, -0.2) is 128 Å². The van der Waals surface area contributed by atoms with Crippen molar-refractivity contribution in [3.05, 3.63) is 0 Å². The van der Waals surface area contributed by atoms with E-state index < -0.39 is 0 Å². The zero-order valence-electron chi connectivity index (χ0n) is 16.3. The first kappa shape index (κ1) is 22.0. The second-order valence-corrected chi connectivity index (χ2v) is 6.63. The predicted molar refractivity (Wildman–Crippen MR) is 102 cm³/mol. The van der Waals surface area contributed by atoms with Crippen LogP contribution in [0.2, 0.25) is 0 Å². The number of hydrogen-bond acceptors (Lipinski definition) is 8. The Morgan fingerprint density at radius 1 is 0.385 bits per heavy atom. The van der Waals surface area contributed by atoms with Crippen LogP contribution in [0, 0.1) is 0 Å². The fraction of sp³-hybridized carbons (Fsp3) is 1.00. The van der Waals surface area contributed by atoms with E-state index in [2.05, 4.69) is 20.4 Å². The minimum absolute atomic E-state index is 0.668. The van der Waals surface area contributed by atoms with Crippen molar-refractivity contribution < 1.29 is 18.9 Å². The Bertz CT molecular complexity index is 298. The van der Waals surface area contributed by atoms with Crippen LogP contribution < -0.4 is 10.6 Å². The first-order valence-corrected chi connectivity index (χ1v) is 10.1. The standard InChI is InChI=1S/C18H38N4O4/c1-5-21-7-13-24-14-8-22(10-16-26-18-17-25-15-9-21)6-2-20-4-12-23-11-3-19-1/h19-20H,1-18H2. The monoisotopic (exact) mass is 374 g/mol. The van der Waals surface area contributed by atoms with Gasteiger partial charge in [-0.1, -0.05) is 0 Å². The molecule has 2 heterocycles. The highest BCUT2D eigenvalue weighted by molar-refractivity contribution is 4.63. The van der Waals surface area contributed by atoms with Gasteiger partial charge in [0.2, 0.25) is 0 Å². The fourth-order valence-electron chi connectivity index (χ4n) is 2.98. The van der Waals surface area contributed by atoms with Crippen LogP contribution in [0.1, 0.15) is 0 Å². The van der Waals surface area contributed by atoms with Crippen molar-refractivity contribution in [2.45, 2.75) is 0 Å². The van der Waals surface area contributed by atoms with Crippen LogP contribution in [0.15, 0.2) is 0 Å². The fourth-order valence-corrected chi connectivity index (χ4v) is 2.98. The molecular formula is C18H38N4O4. The van der Waals surface area contributed by atoms with E-state index in [1.54, 1.807) is 0 Å². The van der Waals surface area contributed by atoms with Gasteiger partial charge in [0.25, 0.3) is 0 Å². The van der Waals surface area contributed by atoms with E-state index in [4.69, 9.17) is 18.9 Å². The predicted octanol–water partition coefficient (Wildman–Crippen LogP) is -1.14. The topological polar surface area (TPSA) is 67.5 Å². The molecule has 0 amide bonds. The molecule has 2 unspecified atom stereocenters. The molecule has 2 fully saturated rings. The van der Waals surface area contributed by atoms with Gasteiger partial charge in [-0.15, -0.1) is 0 Å². The lowest BCUT2D eigenvalue weighted by molar-refractivity contribution is 0.0325. The van der Waals surface area contributed by atoms with E-state index in [-0.39, 0.29) is 0 Å². The molecule has 0 aromatic carbocycles. The van der Waals surface area contributed by atoms with Crippen LogP contribution in [0.4, 0.5) is 0 Å². The minimum Gasteiger partial charge on any atom is -0.379 e. The highest BCUT2D eigenvalue weighted by atomic mass is 16.5. The summed E-state index contributed by atoms with van der Waals surface area (Å²) in [6.45, 7) is 15.3. The molecule has 154 valence electrons. The van der Waals surface area contributed by atoms with E-state index in [1.807, 2.05) is 0 Å². The molecular weight excluding hydrogens is 336 g/mol. The Balaban J connectivity index is 1.85. The third kappa shape index (κ3) is 11.4. The lowest BCUT2D eigenvalue weighted by Gasteiger charge is -2.24. The minimum atomic E-state index is 0.668. The van der Waals surface area contributed by atoms with Crippen LogP contribution in [0.5, 0.6) is 0 Å². The number of nitrogens with zero attached hydrogens (tertiary/aromatic N) is 2. The van der Waals surface area contributed by atoms with Crippen molar-refractivity contribution in [3.8, 4) is 0 Å². The van der Waals surface area contributed by atoms with Crippen molar-refractivity contribution >= 4 is 0 Å². The molecule has 0 aliphatic carbocycles. The summed E-state index contributed by atoms with van der Waals surface area (Å²) < 4.78 is 23.0. The quantitative estimate of drug-likeness (QED) is 0.516. The lowest BCUT2D eigenvalue weighted by atomic mass is 10.4. The maximum Gasteiger partial charge on any atom is 0.0701 e. The highest BCUT2D eigenvalue weighted by Crippen LogP contribution is 1.94. The largest absolute Gasteiger partial charge is 0.379 e. The summed E-state index contributed by atoms with van der Waals surface area (Å²) in [6, 6.07) is 0. The zero-order chi connectivity index (χ0) is 18.1. The van der Waals surface area contributed by atoms with Crippen molar-refractivity contribution in [1.29, 1.82) is 0 Å². The van der Waals surface area contributed by atoms with Crippen molar-refractivity contribution in [2.24, 2.45) is 0 Å². The zero-order valence-corrected chi connectivity index (χ0v) is 16.3. The van der Waals surface area contributed by atoms with Crippen molar-refractivity contribution in [1.82, 2.24) is 20.4 Å². The molecule has 2 rings (SSSR count). The molecule has 2 N–H and O–H groups in total. The molecule has 0 aromatic heterocycles. The van der Waals surface area contributed by atoms with E-state index in [0.29, 0.717) is 13.2 Å². The Morgan fingerprint density at radius 3 is 1.23 bits per heavy atom. The summed E-state index contributed by atoms with van der Waals surface area (Å²) in [5.41, 5.74) is 0. The molecule has 2 bridgehead atoms. The SMILES string of the molecule is C1COCCNCCN2CCOCCOCCN(CCN1)CCOCC2. The molecule has 8 heteroatoms. The van der Waals surface area contributed by atoms with Gasteiger partial charge in [-0.05, 0) is 0 Å². The maximum atomic E-state index is 5.89. The highest BCUT2D eigenvalue weighted by Gasteiger charge is 2.08. The average Bonchev–Trinajstić information content (AvgIpc) is 2.65. The summed E-state index contributed by atoms with van der Waals surface area (Å²) in [4.78, 5) is 4.80. The third-order valence-electron chi connectivity index (χ3n) is 4.64. The smallest absolute Gasteiger partial charge is 0.0701 e. The maximum absolute atomic E-state index is 5.89. The van der Waals surface area contributed by atoms with Crippen LogP contribution in [-0.2, 0) is 18.9 Å². The Morgan fingerprint density at radius 2 is 0.769 bits per heavy atom. The first-order valence-electron chi connectivity index (χ1n) is 10.1. The number of hydrogen-bond donors (Lipinski definition) is 2. The van der Waals surface area contributed by atoms with Crippen LogP contribution in [0.3, 0.4) is 0 Å².